The van der Waals surface area contributed by atoms with Gasteiger partial charge in [0.2, 0.25) is 5.95 Å². The van der Waals surface area contributed by atoms with Crippen LogP contribution in [0.2, 0.25) is 0 Å². The van der Waals surface area contributed by atoms with Crippen molar-refractivity contribution in [3.63, 3.8) is 0 Å². The second-order valence-corrected chi connectivity index (χ2v) is 15.7. The highest BCUT2D eigenvalue weighted by Crippen LogP contribution is 2.49. The highest BCUT2D eigenvalue weighted by Gasteiger charge is 2.30. The molecule has 2 aliphatic rings. The van der Waals surface area contributed by atoms with Gasteiger partial charge in [-0.15, -0.1) is 0 Å². The van der Waals surface area contributed by atoms with Crippen molar-refractivity contribution in [3.8, 4) is 45.0 Å². The molecule has 4 heteroatoms. The van der Waals surface area contributed by atoms with Crippen molar-refractivity contribution >= 4 is 43.6 Å². The SMILES string of the molecule is c1ccc(C2c3ccccc3-c3cc(-n4c5ccccc5c5cc(-c6ccc7c(c6)c6ccccc6n7-c6ncc7c(n6)Cc6ccccc6-7)ccc54)ccc32)cc1. The molecule has 0 aliphatic heterocycles. The molecule has 4 nitrogen and oxygen atoms in total. The lowest BCUT2D eigenvalue weighted by Crippen LogP contribution is -2.03. The topological polar surface area (TPSA) is 35.6 Å². The summed E-state index contributed by atoms with van der Waals surface area (Å²) in [5, 5.41) is 4.87. The van der Waals surface area contributed by atoms with Crippen molar-refractivity contribution in [2.75, 3.05) is 0 Å². The number of fused-ring (bicyclic) bond motifs is 12. The van der Waals surface area contributed by atoms with Crippen molar-refractivity contribution < 1.29 is 0 Å². The van der Waals surface area contributed by atoms with E-state index in [-0.39, 0.29) is 5.92 Å². The molecular weight excluding hydrogens is 705 g/mol. The van der Waals surface area contributed by atoms with E-state index in [0.717, 1.165) is 28.7 Å². The lowest BCUT2D eigenvalue weighted by Gasteiger charge is -2.15. The Morgan fingerprint density at radius 3 is 1.81 bits per heavy atom. The Morgan fingerprint density at radius 2 is 1.03 bits per heavy atom. The predicted molar refractivity (Wildman–Crippen MR) is 237 cm³/mol. The van der Waals surface area contributed by atoms with E-state index in [2.05, 4.69) is 191 Å². The van der Waals surface area contributed by atoms with Gasteiger partial charge in [-0.3, -0.25) is 4.57 Å². The van der Waals surface area contributed by atoms with Gasteiger partial charge >= 0.3 is 0 Å². The Bertz CT molecular complexity index is 3500. The fourth-order valence-corrected chi connectivity index (χ4v) is 10.1. The average molecular weight is 739 g/mol. The van der Waals surface area contributed by atoms with E-state index in [0.29, 0.717) is 5.95 Å². The molecule has 0 radical (unpaired) electrons. The molecule has 3 heterocycles. The summed E-state index contributed by atoms with van der Waals surface area (Å²) in [6.45, 7) is 0. The minimum absolute atomic E-state index is 0.229. The molecular formula is C54H34N4. The summed E-state index contributed by atoms with van der Waals surface area (Å²) in [7, 11) is 0. The van der Waals surface area contributed by atoms with Crippen LogP contribution in [0.5, 0.6) is 0 Å². The van der Waals surface area contributed by atoms with Gasteiger partial charge in [-0.1, -0.05) is 133 Å². The Hall–Kier alpha value is -7.56. The molecule has 8 aromatic carbocycles. The lowest BCUT2D eigenvalue weighted by atomic mass is 9.89. The summed E-state index contributed by atoms with van der Waals surface area (Å²) < 4.78 is 4.67. The summed E-state index contributed by atoms with van der Waals surface area (Å²) in [6.07, 6.45) is 2.84. The largest absolute Gasteiger partial charge is 0.309 e. The van der Waals surface area contributed by atoms with E-state index in [1.165, 1.54) is 88.3 Å². The van der Waals surface area contributed by atoms with Crippen LogP contribution in [-0.2, 0) is 6.42 Å². The van der Waals surface area contributed by atoms with E-state index in [9.17, 15) is 0 Å². The van der Waals surface area contributed by atoms with Crippen LogP contribution < -0.4 is 0 Å². The first-order chi connectivity index (χ1) is 28.8. The van der Waals surface area contributed by atoms with Crippen molar-refractivity contribution in [3.05, 3.63) is 216 Å². The number of para-hydroxylation sites is 2. The lowest BCUT2D eigenvalue weighted by molar-refractivity contribution is 0.955. The molecule has 1 unspecified atom stereocenters. The zero-order valence-corrected chi connectivity index (χ0v) is 31.5. The highest BCUT2D eigenvalue weighted by atomic mass is 15.2. The standard InChI is InChI=1S/C54H34N4/c1-2-12-33(13-3-1)53-42-19-7-6-16-39(42)44-31-37(24-25-43(44)53)57-49-20-10-8-17-40(49)45-28-34(22-26-51(45)57)35-23-27-52-46(29-35)41-18-9-11-21-50(41)58(52)54-55-32-47-38-15-5-4-14-36(38)30-48(47)56-54/h1-29,31-32,53H,30H2. The second-order valence-electron chi connectivity index (χ2n) is 15.7. The van der Waals surface area contributed by atoms with Crippen LogP contribution in [0.1, 0.15) is 33.9 Å². The van der Waals surface area contributed by atoms with Crippen LogP contribution in [0.3, 0.4) is 0 Å². The van der Waals surface area contributed by atoms with Crippen molar-refractivity contribution in [2.45, 2.75) is 12.3 Å². The molecule has 0 bridgehead atoms. The van der Waals surface area contributed by atoms with E-state index < -0.39 is 0 Å². The summed E-state index contributed by atoms with van der Waals surface area (Å²) in [5.74, 6) is 0.942. The third-order valence-electron chi connectivity index (χ3n) is 12.7. The zero-order chi connectivity index (χ0) is 37.9. The van der Waals surface area contributed by atoms with Crippen LogP contribution in [0, 0.1) is 0 Å². The molecule has 0 spiro atoms. The maximum atomic E-state index is 5.18. The Labute approximate surface area is 334 Å². The molecule has 0 saturated carbocycles. The quantitative estimate of drug-likeness (QED) is 0.180. The Balaban J connectivity index is 0.939. The maximum Gasteiger partial charge on any atom is 0.234 e. The molecule has 58 heavy (non-hydrogen) atoms. The number of nitrogens with zero attached hydrogens (tertiary/aromatic N) is 4. The normalized spacial score (nSPS) is 14.0. The van der Waals surface area contributed by atoms with Crippen molar-refractivity contribution in [2.24, 2.45) is 0 Å². The molecule has 0 N–H and O–H groups in total. The van der Waals surface area contributed by atoms with Crippen molar-refractivity contribution in [1.29, 1.82) is 0 Å². The predicted octanol–water partition coefficient (Wildman–Crippen LogP) is 13.1. The monoisotopic (exact) mass is 738 g/mol. The molecule has 1 atom stereocenters. The average Bonchev–Trinajstić information content (AvgIpc) is 4.02. The van der Waals surface area contributed by atoms with Gasteiger partial charge in [-0.05, 0) is 98.6 Å². The molecule has 11 aromatic rings. The summed E-state index contributed by atoms with van der Waals surface area (Å²) in [5.41, 5.74) is 19.6. The Kier molecular flexibility index (Phi) is 6.53. The molecule has 3 aromatic heterocycles. The molecule has 0 saturated heterocycles. The number of benzene rings is 8. The molecule has 2 aliphatic carbocycles. The van der Waals surface area contributed by atoms with Crippen LogP contribution in [0.25, 0.3) is 88.6 Å². The van der Waals surface area contributed by atoms with Gasteiger partial charge in [0.05, 0.1) is 27.8 Å². The van der Waals surface area contributed by atoms with E-state index >= 15 is 0 Å². The third-order valence-corrected chi connectivity index (χ3v) is 12.7. The van der Waals surface area contributed by atoms with Crippen LogP contribution >= 0.6 is 0 Å². The second kappa shape index (κ2) is 12.0. The first kappa shape index (κ1) is 31.6. The number of aromatic nitrogens is 4. The number of hydrogen-bond acceptors (Lipinski definition) is 2. The van der Waals surface area contributed by atoms with Gasteiger partial charge in [0, 0.05) is 51.3 Å². The maximum absolute atomic E-state index is 5.18. The van der Waals surface area contributed by atoms with Gasteiger partial charge < -0.3 is 4.57 Å². The smallest absolute Gasteiger partial charge is 0.234 e. The minimum atomic E-state index is 0.229. The first-order valence-corrected chi connectivity index (χ1v) is 20.1. The van der Waals surface area contributed by atoms with E-state index in [1.807, 2.05) is 6.20 Å². The zero-order valence-electron chi connectivity index (χ0n) is 31.5. The summed E-state index contributed by atoms with van der Waals surface area (Å²) in [6, 6.07) is 66.7. The van der Waals surface area contributed by atoms with Gasteiger partial charge in [0.25, 0.3) is 0 Å². The van der Waals surface area contributed by atoms with E-state index in [1.54, 1.807) is 0 Å². The fraction of sp³-hybridized carbons (Fsp3) is 0.0370. The molecule has 0 amide bonds. The fourth-order valence-electron chi connectivity index (χ4n) is 10.1. The van der Waals surface area contributed by atoms with Crippen molar-refractivity contribution in [1.82, 2.24) is 19.1 Å². The van der Waals surface area contributed by atoms with Crippen LogP contribution in [0.4, 0.5) is 0 Å². The molecule has 0 fully saturated rings. The van der Waals surface area contributed by atoms with Crippen LogP contribution in [0.15, 0.2) is 188 Å². The van der Waals surface area contributed by atoms with E-state index in [4.69, 9.17) is 9.97 Å². The van der Waals surface area contributed by atoms with Gasteiger partial charge in [-0.2, -0.15) is 0 Å². The number of rotatable bonds is 4. The summed E-state index contributed by atoms with van der Waals surface area (Å²) in [4.78, 5) is 10.1. The third kappa shape index (κ3) is 4.45. The Morgan fingerprint density at radius 1 is 0.431 bits per heavy atom. The molecule has 270 valence electrons. The molecule has 13 rings (SSSR count). The first-order valence-electron chi connectivity index (χ1n) is 20.1. The van der Waals surface area contributed by atoms with Gasteiger partial charge in [-0.25, -0.2) is 9.97 Å². The van der Waals surface area contributed by atoms with Crippen LogP contribution in [-0.4, -0.2) is 19.1 Å². The minimum Gasteiger partial charge on any atom is -0.309 e. The summed E-state index contributed by atoms with van der Waals surface area (Å²) >= 11 is 0. The van der Waals surface area contributed by atoms with Gasteiger partial charge in [0.1, 0.15) is 0 Å². The highest BCUT2D eigenvalue weighted by molar-refractivity contribution is 6.12. The number of hydrogen-bond donors (Lipinski definition) is 0. The van der Waals surface area contributed by atoms with Gasteiger partial charge in [0.15, 0.2) is 0 Å².